The maximum atomic E-state index is 13.3. The Morgan fingerprint density at radius 2 is 1.93 bits per heavy atom. The zero-order valence-corrected chi connectivity index (χ0v) is 16.2. The molecule has 30 heavy (non-hydrogen) atoms. The molecule has 2 rings (SSSR count). The van der Waals surface area contributed by atoms with Crippen molar-refractivity contribution >= 4 is 23.4 Å². The van der Waals surface area contributed by atoms with Crippen molar-refractivity contribution in [2.45, 2.75) is 13.0 Å². The number of carbonyl (C=O) groups is 2. The van der Waals surface area contributed by atoms with E-state index in [0.717, 1.165) is 12.3 Å². The highest BCUT2D eigenvalue weighted by atomic mass is 35.5. The van der Waals surface area contributed by atoms with E-state index in [9.17, 15) is 22.8 Å². The van der Waals surface area contributed by atoms with Gasteiger partial charge in [0.05, 0.1) is 11.2 Å². The molecule has 0 atom stereocenters. The van der Waals surface area contributed by atoms with Crippen molar-refractivity contribution in [3.8, 4) is 11.5 Å². The van der Waals surface area contributed by atoms with Crippen LogP contribution in [0.25, 0.3) is 0 Å². The van der Waals surface area contributed by atoms with Gasteiger partial charge in [0.1, 0.15) is 23.0 Å². The Balaban J connectivity index is 1.69. The molecule has 0 spiro atoms. The molecule has 1 aromatic carbocycles. The Morgan fingerprint density at radius 1 is 1.20 bits per heavy atom. The van der Waals surface area contributed by atoms with E-state index in [4.69, 9.17) is 16.3 Å². The first-order valence-electron chi connectivity index (χ1n) is 8.49. The lowest BCUT2D eigenvalue weighted by Gasteiger charge is -2.10. The summed E-state index contributed by atoms with van der Waals surface area (Å²) in [4.78, 5) is 27.5. The highest BCUT2D eigenvalue weighted by Gasteiger charge is 2.11. The molecule has 2 amide bonds. The molecule has 11 heteroatoms. The third-order valence-corrected chi connectivity index (χ3v) is 3.80. The summed E-state index contributed by atoms with van der Waals surface area (Å²) in [6.07, 6.45) is 1.22. The van der Waals surface area contributed by atoms with E-state index in [-0.39, 0.29) is 41.8 Å². The van der Waals surface area contributed by atoms with Crippen molar-refractivity contribution in [1.29, 1.82) is 0 Å². The van der Waals surface area contributed by atoms with Crippen LogP contribution in [0.1, 0.15) is 16.9 Å². The molecule has 1 aromatic heterocycles. The van der Waals surface area contributed by atoms with Crippen LogP contribution in [0.2, 0.25) is 5.02 Å². The van der Waals surface area contributed by atoms with Gasteiger partial charge in [0, 0.05) is 24.7 Å². The van der Waals surface area contributed by atoms with Crippen molar-refractivity contribution in [1.82, 2.24) is 15.6 Å². The number of halogens is 4. The Kier molecular flexibility index (Phi) is 8.48. The lowest BCUT2D eigenvalue weighted by molar-refractivity contribution is -0.123. The SMILES string of the molecule is C=C(CCNC(=O)COc1ccc(Cl)c(F)c1)NC(=O)c1ccc(OC(F)F)cn1. The van der Waals surface area contributed by atoms with Crippen LogP contribution < -0.4 is 20.1 Å². The first-order chi connectivity index (χ1) is 14.2. The molecule has 0 saturated carbocycles. The van der Waals surface area contributed by atoms with E-state index < -0.39 is 24.2 Å². The lowest BCUT2D eigenvalue weighted by atomic mass is 10.3. The van der Waals surface area contributed by atoms with E-state index in [2.05, 4.69) is 26.9 Å². The molecule has 0 aliphatic rings. The quantitative estimate of drug-likeness (QED) is 0.588. The van der Waals surface area contributed by atoms with Crippen LogP contribution in [0.4, 0.5) is 13.2 Å². The van der Waals surface area contributed by atoms with Crippen LogP contribution in [0.15, 0.2) is 48.8 Å². The zero-order valence-electron chi connectivity index (χ0n) is 15.5. The van der Waals surface area contributed by atoms with Gasteiger partial charge in [-0.1, -0.05) is 18.2 Å². The topological polar surface area (TPSA) is 89.6 Å². The average Bonchev–Trinajstić information content (AvgIpc) is 2.69. The number of benzene rings is 1. The number of carbonyl (C=O) groups excluding carboxylic acids is 2. The van der Waals surface area contributed by atoms with Gasteiger partial charge in [-0.2, -0.15) is 8.78 Å². The molecular formula is C19H17ClF3N3O4. The summed E-state index contributed by atoms with van der Waals surface area (Å²) in [5, 5.41) is 4.97. The van der Waals surface area contributed by atoms with Crippen LogP contribution >= 0.6 is 11.6 Å². The highest BCUT2D eigenvalue weighted by Crippen LogP contribution is 2.20. The van der Waals surface area contributed by atoms with Crippen LogP contribution in [0.3, 0.4) is 0 Å². The molecule has 1 heterocycles. The van der Waals surface area contributed by atoms with Gasteiger partial charge in [0.15, 0.2) is 6.61 Å². The van der Waals surface area contributed by atoms with Gasteiger partial charge >= 0.3 is 6.61 Å². The number of alkyl halides is 2. The first kappa shape index (κ1) is 23.0. The summed E-state index contributed by atoms with van der Waals surface area (Å²) in [6.45, 7) is 0.500. The number of ether oxygens (including phenoxy) is 2. The maximum Gasteiger partial charge on any atom is 0.387 e. The number of hydrogen-bond donors (Lipinski definition) is 2. The van der Waals surface area contributed by atoms with Gasteiger partial charge in [0.2, 0.25) is 0 Å². The van der Waals surface area contributed by atoms with Crippen LogP contribution in [-0.2, 0) is 4.79 Å². The average molecular weight is 444 g/mol. The largest absolute Gasteiger partial charge is 0.484 e. The summed E-state index contributed by atoms with van der Waals surface area (Å²) in [6, 6.07) is 6.21. The minimum atomic E-state index is -2.99. The highest BCUT2D eigenvalue weighted by molar-refractivity contribution is 6.30. The van der Waals surface area contributed by atoms with Crippen LogP contribution in [-0.4, -0.2) is 36.6 Å². The summed E-state index contributed by atoms with van der Waals surface area (Å²) in [5.74, 6) is -1.73. The van der Waals surface area contributed by atoms with Crippen molar-refractivity contribution in [2.75, 3.05) is 13.2 Å². The molecule has 0 fully saturated rings. The smallest absolute Gasteiger partial charge is 0.387 e. The number of nitrogens with one attached hydrogen (secondary N) is 2. The van der Waals surface area contributed by atoms with E-state index in [1.165, 1.54) is 24.3 Å². The molecular weight excluding hydrogens is 427 g/mol. The molecule has 0 unspecified atom stereocenters. The predicted octanol–water partition coefficient (Wildman–Crippen LogP) is 3.30. The van der Waals surface area contributed by atoms with Crippen molar-refractivity contribution < 1.29 is 32.2 Å². The monoisotopic (exact) mass is 443 g/mol. The number of aromatic nitrogens is 1. The van der Waals surface area contributed by atoms with Crippen molar-refractivity contribution in [2.24, 2.45) is 0 Å². The lowest BCUT2D eigenvalue weighted by Crippen LogP contribution is -2.31. The van der Waals surface area contributed by atoms with Gasteiger partial charge < -0.3 is 20.1 Å². The predicted molar refractivity (Wildman–Crippen MR) is 102 cm³/mol. The van der Waals surface area contributed by atoms with Gasteiger partial charge in [0.25, 0.3) is 11.8 Å². The Hall–Kier alpha value is -3.27. The van der Waals surface area contributed by atoms with Gasteiger partial charge in [-0.25, -0.2) is 9.37 Å². The number of pyridine rings is 1. The number of nitrogens with zero attached hydrogens (tertiary/aromatic N) is 1. The fourth-order valence-electron chi connectivity index (χ4n) is 2.09. The number of amides is 2. The second-order valence-electron chi connectivity index (χ2n) is 5.78. The van der Waals surface area contributed by atoms with Gasteiger partial charge in [-0.3, -0.25) is 9.59 Å². The third kappa shape index (κ3) is 7.63. The molecule has 0 radical (unpaired) electrons. The molecule has 2 aromatic rings. The molecule has 0 bridgehead atoms. The molecule has 0 aliphatic heterocycles. The van der Waals surface area contributed by atoms with E-state index in [1.807, 2.05) is 0 Å². The molecule has 0 saturated heterocycles. The summed E-state index contributed by atoms with van der Waals surface area (Å²) in [7, 11) is 0. The van der Waals surface area contributed by atoms with E-state index in [1.54, 1.807) is 0 Å². The minimum absolute atomic E-state index is 0.0228. The zero-order chi connectivity index (χ0) is 22.1. The fraction of sp³-hybridized carbons (Fsp3) is 0.211. The normalized spacial score (nSPS) is 10.4. The van der Waals surface area contributed by atoms with E-state index >= 15 is 0 Å². The second-order valence-corrected chi connectivity index (χ2v) is 6.19. The van der Waals surface area contributed by atoms with Crippen molar-refractivity contribution in [3.63, 3.8) is 0 Å². The number of rotatable bonds is 10. The summed E-state index contributed by atoms with van der Waals surface area (Å²) in [5.41, 5.74) is 0.279. The third-order valence-electron chi connectivity index (χ3n) is 3.49. The number of hydrogen-bond acceptors (Lipinski definition) is 5. The standard InChI is InChI=1S/C19H17ClF3N3O4/c1-11(26-18(28)16-5-3-13(9-25-16)30-19(22)23)6-7-24-17(27)10-29-12-2-4-14(20)15(21)8-12/h2-5,8-9,19H,1,6-7,10H2,(H,24,27)(H,26,28). The Morgan fingerprint density at radius 3 is 2.57 bits per heavy atom. The van der Waals surface area contributed by atoms with E-state index in [0.29, 0.717) is 5.70 Å². The van der Waals surface area contributed by atoms with Gasteiger partial charge in [-0.05, 0) is 24.3 Å². The molecule has 0 aliphatic carbocycles. The molecule has 7 nitrogen and oxygen atoms in total. The maximum absolute atomic E-state index is 13.3. The Bertz CT molecular complexity index is 910. The molecule has 2 N–H and O–H groups in total. The summed E-state index contributed by atoms with van der Waals surface area (Å²) < 4.78 is 46.8. The van der Waals surface area contributed by atoms with Crippen LogP contribution in [0, 0.1) is 5.82 Å². The first-order valence-corrected chi connectivity index (χ1v) is 8.87. The van der Waals surface area contributed by atoms with Crippen LogP contribution in [0.5, 0.6) is 11.5 Å². The Labute approximate surface area is 174 Å². The summed E-state index contributed by atoms with van der Waals surface area (Å²) >= 11 is 5.56. The molecule has 160 valence electrons. The minimum Gasteiger partial charge on any atom is -0.484 e. The fourth-order valence-corrected chi connectivity index (χ4v) is 2.21. The van der Waals surface area contributed by atoms with Gasteiger partial charge in [-0.15, -0.1) is 0 Å². The van der Waals surface area contributed by atoms with Crippen molar-refractivity contribution in [3.05, 3.63) is 65.3 Å². The second kappa shape index (κ2) is 11.1.